The van der Waals surface area contributed by atoms with Gasteiger partial charge in [0.2, 0.25) is 10.9 Å². The standard InChI is InChI=1S/C17H18N4O2S2/c1-10-4-11(2)6-13(5-10)18-15(22)9-24-8-14-7-16(23)21-17(19-14)25-12(3)20-21/h4-7H,8-9H2,1-3H3,(H,18,22). The molecule has 0 aliphatic rings. The van der Waals surface area contributed by atoms with Crippen molar-refractivity contribution in [3.8, 4) is 0 Å². The van der Waals surface area contributed by atoms with Gasteiger partial charge in [-0.15, -0.1) is 11.8 Å². The van der Waals surface area contributed by atoms with Crippen LogP contribution in [0.15, 0.2) is 29.1 Å². The summed E-state index contributed by atoms with van der Waals surface area (Å²) in [6, 6.07) is 7.42. The third-order valence-electron chi connectivity index (χ3n) is 3.39. The van der Waals surface area contributed by atoms with E-state index in [2.05, 4.69) is 21.5 Å². The van der Waals surface area contributed by atoms with Gasteiger partial charge in [0.25, 0.3) is 5.56 Å². The van der Waals surface area contributed by atoms with Crippen LogP contribution in [0.4, 0.5) is 5.69 Å². The predicted molar refractivity (Wildman–Crippen MR) is 103 cm³/mol. The molecule has 0 saturated heterocycles. The SMILES string of the molecule is Cc1cc(C)cc(NC(=O)CSCc2cc(=O)n3nc(C)sc3n2)c1. The lowest BCUT2D eigenvalue weighted by molar-refractivity contribution is -0.113. The number of fused-ring (bicyclic) bond motifs is 1. The van der Waals surface area contributed by atoms with Crippen LogP contribution in [-0.2, 0) is 10.5 Å². The highest BCUT2D eigenvalue weighted by Crippen LogP contribution is 2.16. The van der Waals surface area contributed by atoms with Crippen molar-refractivity contribution in [2.45, 2.75) is 26.5 Å². The Hall–Kier alpha value is -2.19. The first kappa shape index (κ1) is 17.6. The van der Waals surface area contributed by atoms with Gasteiger partial charge in [-0.1, -0.05) is 17.4 Å². The number of benzene rings is 1. The fourth-order valence-electron chi connectivity index (χ4n) is 2.52. The number of nitrogens with one attached hydrogen (secondary N) is 1. The van der Waals surface area contributed by atoms with Gasteiger partial charge in [0.1, 0.15) is 5.01 Å². The van der Waals surface area contributed by atoms with Gasteiger partial charge in [0.05, 0.1) is 11.4 Å². The number of carbonyl (C=O) groups excluding carboxylic acids is 1. The van der Waals surface area contributed by atoms with Crippen molar-refractivity contribution < 1.29 is 4.79 Å². The number of carbonyl (C=O) groups is 1. The zero-order valence-electron chi connectivity index (χ0n) is 14.2. The molecule has 0 aliphatic carbocycles. The first-order valence-corrected chi connectivity index (χ1v) is 9.70. The minimum atomic E-state index is -0.190. The highest BCUT2D eigenvalue weighted by Gasteiger charge is 2.08. The van der Waals surface area contributed by atoms with Crippen LogP contribution in [0, 0.1) is 20.8 Å². The Morgan fingerprint density at radius 1 is 1.20 bits per heavy atom. The Bertz CT molecular complexity index is 974. The van der Waals surface area contributed by atoms with E-state index in [1.54, 1.807) is 0 Å². The molecule has 1 amide bonds. The number of hydrogen-bond acceptors (Lipinski definition) is 6. The first-order chi connectivity index (χ1) is 11.9. The second-order valence-corrected chi connectivity index (χ2v) is 7.96. The Morgan fingerprint density at radius 3 is 2.64 bits per heavy atom. The molecule has 6 nitrogen and oxygen atoms in total. The molecule has 130 valence electrons. The molecule has 8 heteroatoms. The van der Waals surface area contributed by atoms with E-state index >= 15 is 0 Å². The molecule has 0 saturated carbocycles. The van der Waals surface area contributed by atoms with Crippen LogP contribution in [0.5, 0.6) is 0 Å². The van der Waals surface area contributed by atoms with Crippen molar-refractivity contribution in [3.05, 3.63) is 56.4 Å². The Morgan fingerprint density at radius 2 is 1.92 bits per heavy atom. The molecule has 3 rings (SSSR count). The molecule has 3 aromatic rings. The van der Waals surface area contributed by atoms with Gasteiger partial charge in [0, 0.05) is 17.5 Å². The number of anilines is 1. The molecule has 1 aromatic carbocycles. The van der Waals surface area contributed by atoms with Gasteiger partial charge in [-0.3, -0.25) is 9.59 Å². The molecular weight excluding hydrogens is 356 g/mol. The maximum atomic E-state index is 12.1. The highest BCUT2D eigenvalue weighted by molar-refractivity contribution is 7.99. The average molecular weight is 374 g/mol. The van der Waals surface area contributed by atoms with Crippen LogP contribution in [0.3, 0.4) is 0 Å². The monoisotopic (exact) mass is 374 g/mol. The van der Waals surface area contributed by atoms with E-state index in [9.17, 15) is 9.59 Å². The average Bonchev–Trinajstić information content (AvgIpc) is 2.87. The van der Waals surface area contributed by atoms with Crippen LogP contribution in [0.2, 0.25) is 0 Å². The molecular formula is C17H18N4O2S2. The molecule has 1 N–H and O–H groups in total. The van der Waals surface area contributed by atoms with Gasteiger partial charge < -0.3 is 5.32 Å². The largest absolute Gasteiger partial charge is 0.325 e. The second-order valence-electron chi connectivity index (χ2n) is 5.82. The number of thioether (sulfide) groups is 1. The second kappa shape index (κ2) is 7.37. The van der Waals surface area contributed by atoms with Crippen molar-refractivity contribution in [3.63, 3.8) is 0 Å². The van der Waals surface area contributed by atoms with Crippen LogP contribution in [0.1, 0.15) is 21.8 Å². The van der Waals surface area contributed by atoms with Crippen LogP contribution in [0.25, 0.3) is 4.96 Å². The van der Waals surface area contributed by atoms with Gasteiger partial charge in [0.15, 0.2) is 0 Å². The number of rotatable bonds is 5. The molecule has 0 fully saturated rings. The van der Waals surface area contributed by atoms with Crippen LogP contribution in [-0.4, -0.2) is 26.3 Å². The first-order valence-electron chi connectivity index (χ1n) is 7.73. The van der Waals surface area contributed by atoms with Gasteiger partial charge in [-0.25, -0.2) is 4.98 Å². The van der Waals surface area contributed by atoms with E-state index < -0.39 is 0 Å². The maximum absolute atomic E-state index is 12.1. The Labute approximate surface area is 153 Å². The lowest BCUT2D eigenvalue weighted by Gasteiger charge is -2.07. The summed E-state index contributed by atoms with van der Waals surface area (Å²) in [7, 11) is 0. The van der Waals surface area contributed by atoms with Crippen molar-refractivity contribution >= 4 is 39.7 Å². The minimum Gasteiger partial charge on any atom is -0.325 e. The van der Waals surface area contributed by atoms with Crippen molar-refractivity contribution in [1.82, 2.24) is 14.6 Å². The van der Waals surface area contributed by atoms with E-state index in [0.717, 1.165) is 21.8 Å². The van der Waals surface area contributed by atoms with Crippen LogP contribution < -0.4 is 10.9 Å². The molecule has 0 spiro atoms. The summed E-state index contributed by atoms with van der Waals surface area (Å²) in [5, 5.41) is 7.81. The molecule has 0 atom stereocenters. The van der Waals surface area contributed by atoms with Crippen molar-refractivity contribution in [1.29, 1.82) is 0 Å². The molecule has 0 unspecified atom stereocenters. The molecule has 0 bridgehead atoms. The smallest absolute Gasteiger partial charge is 0.275 e. The summed E-state index contributed by atoms with van der Waals surface area (Å²) in [5.41, 5.74) is 3.50. The van der Waals surface area contributed by atoms with E-state index in [4.69, 9.17) is 0 Å². The summed E-state index contributed by atoms with van der Waals surface area (Å²) >= 11 is 2.80. The summed E-state index contributed by atoms with van der Waals surface area (Å²) in [5.74, 6) is 0.736. The zero-order chi connectivity index (χ0) is 18.0. The van der Waals surface area contributed by atoms with E-state index in [1.165, 1.54) is 33.7 Å². The molecule has 0 radical (unpaired) electrons. The number of amides is 1. The van der Waals surface area contributed by atoms with E-state index in [1.807, 2.05) is 32.9 Å². The lowest BCUT2D eigenvalue weighted by Crippen LogP contribution is -2.16. The molecule has 2 heterocycles. The van der Waals surface area contributed by atoms with Crippen LogP contribution >= 0.6 is 23.1 Å². The number of aromatic nitrogens is 3. The summed E-state index contributed by atoms with van der Waals surface area (Å²) in [4.78, 5) is 29.1. The summed E-state index contributed by atoms with van der Waals surface area (Å²) in [6.45, 7) is 5.84. The minimum absolute atomic E-state index is 0.0681. The van der Waals surface area contributed by atoms with Gasteiger partial charge in [-0.2, -0.15) is 9.61 Å². The van der Waals surface area contributed by atoms with E-state index in [-0.39, 0.29) is 11.5 Å². The quantitative estimate of drug-likeness (QED) is 0.743. The van der Waals surface area contributed by atoms with Gasteiger partial charge >= 0.3 is 0 Å². The third kappa shape index (κ3) is 4.46. The normalized spacial score (nSPS) is 11.0. The maximum Gasteiger partial charge on any atom is 0.275 e. The predicted octanol–water partition coefficient (Wildman–Crippen LogP) is 2.95. The molecule has 2 aromatic heterocycles. The Kier molecular flexibility index (Phi) is 5.19. The van der Waals surface area contributed by atoms with E-state index in [0.29, 0.717) is 22.2 Å². The molecule has 0 aliphatic heterocycles. The lowest BCUT2D eigenvalue weighted by atomic mass is 10.1. The number of hydrogen-bond donors (Lipinski definition) is 1. The molecule has 25 heavy (non-hydrogen) atoms. The highest BCUT2D eigenvalue weighted by atomic mass is 32.2. The fourth-order valence-corrected chi connectivity index (χ4v) is 4.00. The fraction of sp³-hybridized carbons (Fsp3) is 0.294. The summed E-state index contributed by atoms with van der Waals surface area (Å²) in [6.07, 6.45) is 0. The number of nitrogens with zero attached hydrogens (tertiary/aromatic N) is 3. The third-order valence-corrected chi connectivity index (χ3v) is 5.18. The summed E-state index contributed by atoms with van der Waals surface area (Å²) < 4.78 is 1.31. The van der Waals surface area contributed by atoms with Gasteiger partial charge in [-0.05, 0) is 44.0 Å². The van der Waals surface area contributed by atoms with Crippen molar-refractivity contribution in [2.24, 2.45) is 0 Å². The number of aryl methyl sites for hydroxylation is 3. The Balaban J connectivity index is 1.59. The van der Waals surface area contributed by atoms with Crippen molar-refractivity contribution in [2.75, 3.05) is 11.1 Å². The zero-order valence-corrected chi connectivity index (χ0v) is 15.8. The topological polar surface area (TPSA) is 76.4 Å².